The molecule has 0 spiro atoms. The average molecular weight is 387 g/mol. The fraction of sp³-hybridized carbons (Fsp3) is 0.562. The van der Waals surface area contributed by atoms with Gasteiger partial charge in [-0.05, 0) is 44.5 Å². The van der Waals surface area contributed by atoms with Crippen LogP contribution in [0.15, 0.2) is 18.2 Å². The van der Waals surface area contributed by atoms with Crippen molar-refractivity contribution in [1.82, 2.24) is 5.32 Å². The third-order valence-electron chi connectivity index (χ3n) is 3.65. The maximum atomic E-state index is 14.8. The Labute approximate surface area is 144 Å². The summed E-state index contributed by atoms with van der Waals surface area (Å²) in [4.78, 5) is 11.6. The first-order chi connectivity index (χ1) is 11.5. The van der Waals surface area contributed by atoms with Crippen LogP contribution in [-0.2, 0) is 22.8 Å². The second kappa shape index (κ2) is 6.02. The number of alkyl halides is 7. The second-order valence-electron chi connectivity index (χ2n) is 7.06. The van der Waals surface area contributed by atoms with Gasteiger partial charge in [0.15, 0.2) is 5.67 Å². The summed E-state index contributed by atoms with van der Waals surface area (Å²) in [6.45, 7) is 4.64. The van der Waals surface area contributed by atoms with Gasteiger partial charge in [-0.3, -0.25) is 0 Å². The van der Waals surface area contributed by atoms with Gasteiger partial charge < -0.3 is 10.1 Å². The van der Waals surface area contributed by atoms with Gasteiger partial charge in [0.05, 0.1) is 17.2 Å². The molecule has 1 aromatic carbocycles. The smallest absolute Gasteiger partial charge is 0.416 e. The number of hydrogen-bond donors (Lipinski definition) is 1. The number of halogens is 7. The molecule has 3 nitrogen and oxygen atoms in total. The van der Waals surface area contributed by atoms with Crippen LogP contribution in [0.5, 0.6) is 0 Å². The van der Waals surface area contributed by atoms with E-state index in [1.807, 2.05) is 0 Å². The summed E-state index contributed by atoms with van der Waals surface area (Å²) in [5.41, 5.74) is -7.43. The van der Waals surface area contributed by atoms with Crippen molar-refractivity contribution in [2.45, 2.75) is 56.9 Å². The Morgan fingerprint density at radius 2 is 1.50 bits per heavy atom. The number of hydrogen-bond acceptors (Lipinski definition) is 2. The summed E-state index contributed by atoms with van der Waals surface area (Å²) >= 11 is 0. The maximum Gasteiger partial charge on any atom is 0.416 e. The van der Waals surface area contributed by atoms with Crippen molar-refractivity contribution >= 4 is 6.09 Å². The number of alkyl carbamates (subject to hydrolysis) is 1. The maximum absolute atomic E-state index is 14.8. The quantitative estimate of drug-likeness (QED) is 0.710. The first kappa shape index (κ1) is 20.3. The first-order valence-electron chi connectivity index (χ1n) is 7.51. The highest BCUT2D eigenvalue weighted by molar-refractivity contribution is 5.69. The molecule has 2 rings (SSSR count). The molecule has 0 heterocycles. The lowest BCUT2D eigenvalue weighted by molar-refractivity contribution is -0.143. The Morgan fingerprint density at radius 1 is 1.04 bits per heavy atom. The lowest BCUT2D eigenvalue weighted by atomic mass is 10.00. The van der Waals surface area contributed by atoms with Gasteiger partial charge in [0, 0.05) is 6.42 Å². The number of nitrogens with one attached hydrogen (secondary N) is 1. The Kier molecular flexibility index (Phi) is 4.70. The topological polar surface area (TPSA) is 38.3 Å². The van der Waals surface area contributed by atoms with Gasteiger partial charge in [-0.15, -0.1) is 0 Å². The molecule has 0 aliphatic heterocycles. The minimum atomic E-state index is -5.07. The average Bonchev–Trinajstić information content (AvgIpc) is 3.05. The second-order valence-corrected chi connectivity index (χ2v) is 7.06. The highest BCUT2D eigenvalue weighted by atomic mass is 19.4. The van der Waals surface area contributed by atoms with E-state index in [-0.39, 0.29) is 6.07 Å². The van der Waals surface area contributed by atoms with Crippen molar-refractivity contribution in [1.29, 1.82) is 0 Å². The number of carbonyl (C=O) groups excluding carboxylic acids is 1. The van der Waals surface area contributed by atoms with Crippen molar-refractivity contribution in [2.24, 2.45) is 0 Å². The van der Waals surface area contributed by atoms with E-state index < -0.39 is 58.9 Å². The van der Waals surface area contributed by atoms with Crippen molar-refractivity contribution in [2.75, 3.05) is 0 Å². The summed E-state index contributed by atoms with van der Waals surface area (Å²) in [6.07, 6.45) is -11.6. The zero-order valence-electron chi connectivity index (χ0n) is 14.0. The van der Waals surface area contributed by atoms with Crippen LogP contribution in [0.4, 0.5) is 35.5 Å². The van der Waals surface area contributed by atoms with E-state index in [2.05, 4.69) is 5.32 Å². The summed E-state index contributed by atoms with van der Waals surface area (Å²) in [5, 5.41) is 2.12. The van der Waals surface area contributed by atoms with Crippen molar-refractivity contribution in [3.63, 3.8) is 0 Å². The fourth-order valence-corrected chi connectivity index (χ4v) is 2.37. The number of amides is 1. The van der Waals surface area contributed by atoms with Gasteiger partial charge in [-0.2, -0.15) is 26.3 Å². The lowest BCUT2D eigenvalue weighted by Gasteiger charge is -2.20. The van der Waals surface area contributed by atoms with Gasteiger partial charge in [0.1, 0.15) is 5.60 Å². The molecule has 1 aromatic rings. The lowest BCUT2D eigenvalue weighted by Crippen LogP contribution is -2.35. The zero-order chi connectivity index (χ0) is 20.1. The van der Waals surface area contributed by atoms with E-state index in [1.54, 1.807) is 20.8 Å². The monoisotopic (exact) mass is 387 g/mol. The van der Waals surface area contributed by atoms with E-state index in [9.17, 15) is 35.5 Å². The molecule has 0 saturated heterocycles. The molecule has 0 unspecified atom stereocenters. The minimum absolute atomic E-state index is 0.0778. The molecule has 0 aromatic heterocycles. The third kappa shape index (κ3) is 4.59. The summed E-state index contributed by atoms with van der Waals surface area (Å²) in [7, 11) is 0. The van der Waals surface area contributed by atoms with Crippen LogP contribution < -0.4 is 5.32 Å². The molecular weight excluding hydrogens is 371 g/mol. The van der Waals surface area contributed by atoms with Gasteiger partial charge in [-0.1, -0.05) is 0 Å². The number of ether oxygens (including phenoxy) is 1. The predicted molar refractivity (Wildman–Crippen MR) is 77.0 cm³/mol. The van der Waals surface area contributed by atoms with E-state index in [0.717, 1.165) is 0 Å². The molecule has 0 bridgehead atoms. The molecule has 146 valence electrons. The predicted octanol–water partition coefficient (Wildman–Crippen LogP) is 5.19. The molecule has 1 aliphatic carbocycles. The molecular formula is C16H16F7NO2. The Bertz CT molecular complexity index is 674. The van der Waals surface area contributed by atoms with Crippen LogP contribution in [0, 0.1) is 0 Å². The van der Waals surface area contributed by atoms with Crippen LogP contribution in [0.1, 0.15) is 43.9 Å². The number of carbonyl (C=O) groups is 1. The molecule has 1 N–H and O–H groups in total. The van der Waals surface area contributed by atoms with Crippen LogP contribution in [0.2, 0.25) is 0 Å². The number of rotatable bonds is 2. The molecule has 0 radical (unpaired) electrons. The van der Waals surface area contributed by atoms with Crippen molar-refractivity contribution in [3.8, 4) is 0 Å². The Hall–Kier alpha value is -2.00. The molecule has 1 saturated carbocycles. The Morgan fingerprint density at radius 3 is 1.88 bits per heavy atom. The van der Waals surface area contributed by atoms with Gasteiger partial charge in [0.2, 0.25) is 0 Å². The van der Waals surface area contributed by atoms with Crippen LogP contribution in [0.25, 0.3) is 0 Å². The highest BCUT2D eigenvalue weighted by Gasteiger charge is 2.59. The van der Waals surface area contributed by atoms with Crippen molar-refractivity contribution < 1.29 is 40.3 Å². The van der Waals surface area contributed by atoms with Crippen LogP contribution >= 0.6 is 0 Å². The fourth-order valence-electron chi connectivity index (χ4n) is 2.37. The van der Waals surface area contributed by atoms with Crippen LogP contribution in [-0.4, -0.2) is 17.7 Å². The molecule has 10 heteroatoms. The van der Waals surface area contributed by atoms with Crippen molar-refractivity contribution in [3.05, 3.63) is 34.9 Å². The summed E-state index contributed by atoms with van der Waals surface area (Å²) in [5.74, 6) is 0. The zero-order valence-corrected chi connectivity index (χ0v) is 14.0. The largest absolute Gasteiger partial charge is 0.444 e. The van der Waals surface area contributed by atoms with Crippen LogP contribution in [0.3, 0.4) is 0 Å². The molecule has 1 aliphatic rings. The molecule has 1 amide bonds. The normalized spacial score (nSPS) is 23.5. The van der Waals surface area contributed by atoms with Gasteiger partial charge in [0.25, 0.3) is 0 Å². The van der Waals surface area contributed by atoms with E-state index in [0.29, 0.717) is 12.1 Å². The third-order valence-corrected chi connectivity index (χ3v) is 3.65. The summed E-state index contributed by atoms with van der Waals surface area (Å²) < 4.78 is 96.9. The number of benzene rings is 1. The highest BCUT2D eigenvalue weighted by Crippen LogP contribution is 2.52. The Balaban J connectivity index is 2.30. The SMILES string of the molecule is CC(C)(C)OC(=O)N[C@H]1C[C@]1(F)c1cc(C(F)(F)F)cc(C(F)(F)F)c1. The van der Waals surface area contributed by atoms with Gasteiger partial charge in [-0.25, -0.2) is 9.18 Å². The molecule has 2 atom stereocenters. The molecule has 26 heavy (non-hydrogen) atoms. The van der Waals surface area contributed by atoms with E-state index in [4.69, 9.17) is 4.74 Å². The first-order valence-corrected chi connectivity index (χ1v) is 7.51. The summed E-state index contributed by atoms with van der Waals surface area (Å²) in [6, 6.07) is -0.703. The standard InChI is InChI=1S/C16H16F7NO2/c1-13(2,3)26-12(25)24-11-7-14(11,17)8-4-9(15(18,19)20)6-10(5-8)16(21,22)23/h4-6,11H,7H2,1-3H3,(H,24,25)/t11-,14-/m0/s1. The van der Waals surface area contributed by atoms with Gasteiger partial charge >= 0.3 is 18.4 Å². The van der Waals surface area contributed by atoms with E-state index >= 15 is 0 Å². The van der Waals surface area contributed by atoms with E-state index in [1.165, 1.54) is 0 Å². The molecule has 1 fully saturated rings. The minimum Gasteiger partial charge on any atom is -0.444 e.